The van der Waals surface area contributed by atoms with E-state index in [9.17, 15) is 4.79 Å². The molecule has 1 aromatic carbocycles. The van der Waals surface area contributed by atoms with E-state index in [2.05, 4.69) is 28.2 Å². The first kappa shape index (κ1) is 13.7. The summed E-state index contributed by atoms with van der Waals surface area (Å²) in [4.78, 5) is 12.1. The Morgan fingerprint density at radius 1 is 1.50 bits per heavy atom. The normalized spacial score (nSPS) is 26.9. The van der Waals surface area contributed by atoms with E-state index in [0.717, 1.165) is 22.3 Å². The summed E-state index contributed by atoms with van der Waals surface area (Å²) < 4.78 is 6.00. The van der Waals surface area contributed by atoms with Crippen LogP contribution >= 0.6 is 27.7 Å². The molecule has 5 heteroatoms. The predicted molar refractivity (Wildman–Crippen MR) is 79.0 cm³/mol. The number of anilines is 1. The number of hydrogen-bond acceptors (Lipinski definition) is 4. The quantitative estimate of drug-likeness (QED) is 0.863. The molecule has 1 aliphatic rings. The van der Waals surface area contributed by atoms with E-state index in [4.69, 9.17) is 4.74 Å². The SMILES string of the molecule is COC(=O)C1(Nc2ccc(Br)cc2)CCSC1C. The van der Waals surface area contributed by atoms with Gasteiger partial charge < -0.3 is 10.1 Å². The van der Waals surface area contributed by atoms with Gasteiger partial charge in [-0.25, -0.2) is 4.79 Å². The topological polar surface area (TPSA) is 38.3 Å². The zero-order chi connectivity index (χ0) is 13.2. The number of esters is 1. The van der Waals surface area contributed by atoms with Crippen molar-refractivity contribution in [2.45, 2.75) is 24.1 Å². The number of halogens is 1. The highest BCUT2D eigenvalue weighted by molar-refractivity contribution is 9.10. The molecule has 1 heterocycles. The Labute approximate surface area is 120 Å². The predicted octanol–water partition coefficient (Wildman–Crippen LogP) is 3.30. The largest absolute Gasteiger partial charge is 0.467 e. The second-order valence-corrected chi connectivity index (χ2v) is 6.72. The molecule has 1 fully saturated rings. The molecule has 2 unspecified atom stereocenters. The number of carbonyl (C=O) groups is 1. The minimum absolute atomic E-state index is 0.178. The monoisotopic (exact) mass is 329 g/mol. The van der Waals surface area contributed by atoms with Crippen molar-refractivity contribution < 1.29 is 9.53 Å². The van der Waals surface area contributed by atoms with Crippen LogP contribution in [0.15, 0.2) is 28.7 Å². The van der Waals surface area contributed by atoms with Crippen LogP contribution in [0.2, 0.25) is 0 Å². The van der Waals surface area contributed by atoms with Gasteiger partial charge in [0.15, 0.2) is 0 Å². The number of rotatable bonds is 3. The molecule has 0 aromatic heterocycles. The summed E-state index contributed by atoms with van der Waals surface area (Å²) in [7, 11) is 1.45. The van der Waals surface area contributed by atoms with Crippen molar-refractivity contribution in [3.63, 3.8) is 0 Å². The molecule has 0 amide bonds. The van der Waals surface area contributed by atoms with Gasteiger partial charge in [-0.15, -0.1) is 0 Å². The zero-order valence-corrected chi connectivity index (χ0v) is 12.8. The molecule has 0 spiro atoms. The van der Waals surface area contributed by atoms with E-state index >= 15 is 0 Å². The smallest absolute Gasteiger partial charge is 0.332 e. The Morgan fingerprint density at radius 3 is 2.67 bits per heavy atom. The fourth-order valence-corrected chi connectivity index (χ4v) is 3.81. The molecule has 18 heavy (non-hydrogen) atoms. The fraction of sp³-hybridized carbons (Fsp3) is 0.462. The zero-order valence-electron chi connectivity index (χ0n) is 10.4. The van der Waals surface area contributed by atoms with Crippen LogP contribution in [0.3, 0.4) is 0 Å². The van der Waals surface area contributed by atoms with Gasteiger partial charge in [-0.2, -0.15) is 11.8 Å². The van der Waals surface area contributed by atoms with Gasteiger partial charge in [0.2, 0.25) is 0 Å². The third-order valence-electron chi connectivity index (χ3n) is 3.32. The van der Waals surface area contributed by atoms with E-state index in [0.29, 0.717) is 0 Å². The van der Waals surface area contributed by atoms with E-state index in [-0.39, 0.29) is 11.2 Å². The Balaban J connectivity index is 2.26. The van der Waals surface area contributed by atoms with Crippen molar-refractivity contribution in [2.24, 2.45) is 0 Å². The first-order chi connectivity index (χ1) is 8.58. The van der Waals surface area contributed by atoms with Gasteiger partial charge in [-0.1, -0.05) is 22.9 Å². The van der Waals surface area contributed by atoms with E-state index < -0.39 is 5.54 Å². The van der Waals surface area contributed by atoms with E-state index in [1.54, 1.807) is 11.8 Å². The van der Waals surface area contributed by atoms with Gasteiger partial charge in [0, 0.05) is 15.4 Å². The summed E-state index contributed by atoms with van der Waals surface area (Å²) in [6.07, 6.45) is 0.793. The Morgan fingerprint density at radius 2 is 2.17 bits per heavy atom. The number of ether oxygens (including phenoxy) is 1. The van der Waals surface area contributed by atoms with Crippen molar-refractivity contribution in [3.8, 4) is 0 Å². The Hall–Kier alpha value is -0.680. The highest BCUT2D eigenvalue weighted by Crippen LogP contribution is 2.39. The minimum atomic E-state index is -0.604. The first-order valence-corrected chi connectivity index (χ1v) is 7.66. The van der Waals surface area contributed by atoms with Gasteiger partial charge in [0.05, 0.1) is 7.11 Å². The van der Waals surface area contributed by atoms with Crippen LogP contribution < -0.4 is 5.32 Å². The highest BCUT2D eigenvalue weighted by Gasteiger charge is 2.48. The minimum Gasteiger partial charge on any atom is -0.467 e. The van der Waals surface area contributed by atoms with Gasteiger partial charge in [-0.3, -0.25) is 0 Å². The Bertz CT molecular complexity index is 437. The molecule has 0 radical (unpaired) electrons. The second kappa shape index (κ2) is 5.53. The van der Waals surface area contributed by atoms with Crippen LogP contribution in [-0.2, 0) is 9.53 Å². The van der Waals surface area contributed by atoms with Crippen molar-refractivity contribution in [3.05, 3.63) is 28.7 Å². The molecular formula is C13H16BrNO2S. The number of methoxy groups -OCH3 is 1. The van der Waals surface area contributed by atoms with Crippen LogP contribution in [0.1, 0.15) is 13.3 Å². The summed E-state index contributed by atoms with van der Waals surface area (Å²) in [6, 6.07) is 7.84. The van der Waals surface area contributed by atoms with Gasteiger partial charge in [0.25, 0.3) is 0 Å². The molecule has 0 saturated carbocycles. The third kappa shape index (κ3) is 2.52. The average Bonchev–Trinajstić information content (AvgIpc) is 2.74. The fourth-order valence-electron chi connectivity index (χ4n) is 2.20. The molecule has 1 N–H and O–H groups in total. The molecule has 0 aliphatic carbocycles. The molecule has 2 rings (SSSR count). The van der Waals surface area contributed by atoms with Crippen molar-refractivity contribution in [1.82, 2.24) is 0 Å². The maximum absolute atomic E-state index is 12.1. The number of thioether (sulfide) groups is 1. The summed E-state index contributed by atoms with van der Waals surface area (Å²) in [5, 5.41) is 3.57. The maximum Gasteiger partial charge on any atom is 0.332 e. The lowest BCUT2D eigenvalue weighted by Crippen LogP contribution is -2.51. The van der Waals surface area contributed by atoms with Gasteiger partial charge >= 0.3 is 5.97 Å². The molecule has 0 bridgehead atoms. The lowest BCUT2D eigenvalue weighted by molar-refractivity contribution is -0.145. The highest BCUT2D eigenvalue weighted by atomic mass is 79.9. The summed E-state index contributed by atoms with van der Waals surface area (Å²) in [5.74, 6) is 0.794. The molecule has 98 valence electrons. The van der Waals surface area contributed by atoms with Crippen LogP contribution in [-0.4, -0.2) is 29.6 Å². The van der Waals surface area contributed by atoms with Crippen LogP contribution in [0.25, 0.3) is 0 Å². The summed E-state index contributed by atoms with van der Waals surface area (Å²) in [6.45, 7) is 2.07. The maximum atomic E-state index is 12.1. The van der Waals surface area contributed by atoms with Crippen molar-refractivity contribution in [1.29, 1.82) is 0 Å². The van der Waals surface area contributed by atoms with Crippen molar-refractivity contribution >= 4 is 39.3 Å². The number of benzene rings is 1. The average molecular weight is 330 g/mol. The number of carbonyl (C=O) groups excluding carboxylic acids is 1. The lowest BCUT2D eigenvalue weighted by Gasteiger charge is -2.32. The van der Waals surface area contributed by atoms with Gasteiger partial charge in [0.1, 0.15) is 5.54 Å². The standard InChI is InChI=1S/C13H16BrNO2S/c1-9-13(7-8-18-9,12(16)17-2)15-11-5-3-10(14)4-6-11/h3-6,9,15H,7-8H2,1-2H3. The van der Waals surface area contributed by atoms with E-state index in [1.165, 1.54) is 7.11 Å². The Kier molecular flexibility index (Phi) is 4.22. The van der Waals surface area contributed by atoms with E-state index in [1.807, 2.05) is 24.3 Å². The molecule has 1 aromatic rings. The summed E-state index contributed by atoms with van der Waals surface area (Å²) >= 11 is 5.20. The van der Waals surface area contributed by atoms with Crippen LogP contribution in [0.4, 0.5) is 5.69 Å². The number of hydrogen-bond donors (Lipinski definition) is 1. The lowest BCUT2D eigenvalue weighted by atomic mass is 9.92. The molecule has 3 nitrogen and oxygen atoms in total. The molecule has 1 aliphatic heterocycles. The molecular weight excluding hydrogens is 314 g/mol. The molecule has 1 saturated heterocycles. The molecule has 2 atom stereocenters. The van der Waals surface area contributed by atoms with Crippen LogP contribution in [0.5, 0.6) is 0 Å². The van der Waals surface area contributed by atoms with Crippen LogP contribution in [0, 0.1) is 0 Å². The summed E-state index contributed by atoms with van der Waals surface area (Å²) in [5.41, 5.74) is 0.339. The second-order valence-electron chi connectivity index (χ2n) is 4.36. The number of nitrogens with one attached hydrogen (secondary N) is 1. The third-order valence-corrected chi connectivity index (χ3v) is 5.19. The first-order valence-electron chi connectivity index (χ1n) is 5.82. The van der Waals surface area contributed by atoms with Gasteiger partial charge in [-0.05, 0) is 36.4 Å². The van der Waals surface area contributed by atoms with Crippen molar-refractivity contribution in [2.75, 3.05) is 18.2 Å².